The molecule has 12 heteroatoms. The molecule has 0 aromatic heterocycles. The second kappa shape index (κ2) is 12.5. The van der Waals surface area contributed by atoms with E-state index in [0.29, 0.717) is 55.7 Å². The number of ether oxygens (including phenoxy) is 1. The zero-order chi connectivity index (χ0) is 27.0. The number of carbonyl (C=O) groups is 2. The Hall–Kier alpha value is -3.67. The van der Waals surface area contributed by atoms with E-state index in [1.807, 2.05) is 0 Å². The maximum absolute atomic E-state index is 13.4. The first-order valence-electron chi connectivity index (χ1n) is 11.6. The SMILES string of the molecule is CC/C(=N\OCc1cc(F)ccc1C(F)(F)F)c1ccc(OCC(=O)N2CCN(C(=O)CO)CC2)cc1. The van der Waals surface area contributed by atoms with Crippen LogP contribution in [0.15, 0.2) is 47.6 Å². The van der Waals surface area contributed by atoms with Crippen LogP contribution in [0.1, 0.15) is 30.0 Å². The molecule has 0 aliphatic carbocycles. The summed E-state index contributed by atoms with van der Waals surface area (Å²) in [6, 6.07) is 8.78. The molecule has 1 aliphatic rings. The van der Waals surface area contributed by atoms with Gasteiger partial charge in [-0.15, -0.1) is 0 Å². The Bertz CT molecular complexity index is 1110. The van der Waals surface area contributed by atoms with Crippen LogP contribution in [-0.4, -0.2) is 71.8 Å². The van der Waals surface area contributed by atoms with Gasteiger partial charge in [0, 0.05) is 31.7 Å². The maximum Gasteiger partial charge on any atom is 0.416 e. The molecule has 2 aromatic rings. The van der Waals surface area contributed by atoms with Crippen molar-refractivity contribution in [3.63, 3.8) is 0 Å². The van der Waals surface area contributed by atoms with Crippen LogP contribution in [0, 0.1) is 5.82 Å². The van der Waals surface area contributed by atoms with Crippen LogP contribution < -0.4 is 4.74 Å². The lowest BCUT2D eigenvalue weighted by Gasteiger charge is -2.34. The first-order valence-corrected chi connectivity index (χ1v) is 11.6. The van der Waals surface area contributed by atoms with E-state index in [4.69, 9.17) is 14.7 Å². The van der Waals surface area contributed by atoms with Crippen molar-refractivity contribution in [2.24, 2.45) is 5.16 Å². The largest absolute Gasteiger partial charge is 0.484 e. The standard InChI is InChI=1S/C25H27F4N3O5/c1-2-22(30-37-15-18-13-19(26)5-8-21(18)25(27,28)29)17-3-6-20(7-4-17)36-16-24(35)32-11-9-31(10-12-32)23(34)14-33/h3-8,13,33H,2,9-12,14-16H2,1H3/b30-22+. The zero-order valence-electron chi connectivity index (χ0n) is 20.1. The van der Waals surface area contributed by atoms with Crippen LogP contribution in [-0.2, 0) is 27.2 Å². The number of rotatable bonds is 9. The van der Waals surface area contributed by atoms with Crippen LogP contribution in [0.2, 0.25) is 0 Å². The molecule has 0 unspecified atom stereocenters. The lowest BCUT2D eigenvalue weighted by atomic mass is 10.1. The summed E-state index contributed by atoms with van der Waals surface area (Å²) in [5, 5.41) is 12.9. The summed E-state index contributed by atoms with van der Waals surface area (Å²) in [5.74, 6) is -0.986. The number of aliphatic hydroxyl groups excluding tert-OH is 1. The fraction of sp³-hybridized carbons (Fsp3) is 0.400. The van der Waals surface area contributed by atoms with Gasteiger partial charge < -0.3 is 24.5 Å². The highest BCUT2D eigenvalue weighted by Crippen LogP contribution is 2.32. The van der Waals surface area contributed by atoms with E-state index in [0.717, 1.165) is 12.1 Å². The lowest BCUT2D eigenvalue weighted by Crippen LogP contribution is -2.52. The van der Waals surface area contributed by atoms with Crippen molar-refractivity contribution in [2.45, 2.75) is 26.1 Å². The molecule has 1 N–H and O–H groups in total. The van der Waals surface area contributed by atoms with Crippen molar-refractivity contribution in [1.82, 2.24) is 9.80 Å². The molecule has 0 spiro atoms. The Kier molecular flexibility index (Phi) is 9.45. The lowest BCUT2D eigenvalue weighted by molar-refractivity contribution is -0.142. The van der Waals surface area contributed by atoms with Gasteiger partial charge in [-0.3, -0.25) is 9.59 Å². The van der Waals surface area contributed by atoms with Crippen molar-refractivity contribution in [3.05, 3.63) is 65.0 Å². The van der Waals surface area contributed by atoms with Gasteiger partial charge >= 0.3 is 6.18 Å². The molecule has 3 rings (SSSR count). The average Bonchev–Trinajstić information content (AvgIpc) is 2.89. The zero-order valence-corrected chi connectivity index (χ0v) is 20.1. The molecule has 0 saturated carbocycles. The summed E-state index contributed by atoms with van der Waals surface area (Å²) in [6.07, 6.45) is -4.23. The van der Waals surface area contributed by atoms with Crippen molar-refractivity contribution >= 4 is 17.5 Å². The van der Waals surface area contributed by atoms with E-state index in [2.05, 4.69) is 5.16 Å². The Balaban J connectivity index is 1.54. The van der Waals surface area contributed by atoms with Crippen molar-refractivity contribution in [2.75, 3.05) is 39.4 Å². The normalized spacial score (nSPS) is 14.5. The first kappa shape index (κ1) is 27.9. The summed E-state index contributed by atoms with van der Waals surface area (Å²) in [7, 11) is 0. The predicted molar refractivity (Wildman–Crippen MR) is 125 cm³/mol. The smallest absolute Gasteiger partial charge is 0.416 e. The third kappa shape index (κ3) is 7.66. The minimum atomic E-state index is -4.64. The van der Waals surface area contributed by atoms with E-state index in [-0.39, 0.29) is 24.0 Å². The van der Waals surface area contributed by atoms with E-state index >= 15 is 0 Å². The number of benzene rings is 2. The Morgan fingerprint density at radius 3 is 2.19 bits per heavy atom. The molecule has 8 nitrogen and oxygen atoms in total. The second-order valence-electron chi connectivity index (χ2n) is 8.20. The highest BCUT2D eigenvalue weighted by molar-refractivity contribution is 6.00. The summed E-state index contributed by atoms with van der Waals surface area (Å²) in [5.41, 5.74) is -0.246. The molecule has 37 heavy (non-hydrogen) atoms. The van der Waals surface area contributed by atoms with Gasteiger partial charge in [-0.25, -0.2) is 4.39 Å². The number of alkyl halides is 3. The van der Waals surface area contributed by atoms with Crippen molar-refractivity contribution < 1.29 is 41.8 Å². The number of nitrogens with zero attached hydrogens (tertiary/aromatic N) is 3. The van der Waals surface area contributed by atoms with Gasteiger partial charge in [0.2, 0.25) is 5.91 Å². The Labute approximate surface area is 211 Å². The number of amides is 2. The van der Waals surface area contributed by atoms with Crippen LogP contribution in [0.3, 0.4) is 0 Å². The molecule has 1 saturated heterocycles. The maximum atomic E-state index is 13.4. The number of carbonyl (C=O) groups excluding carboxylic acids is 2. The van der Waals surface area contributed by atoms with Crippen LogP contribution >= 0.6 is 0 Å². The number of oxime groups is 1. The third-order valence-corrected chi connectivity index (χ3v) is 5.77. The topological polar surface area (TPSA) is 91.7 Å². The quantitative estimate of drug-likeness (QED) is 0.309. The van der Waals surface area contributed by atoms with Crippen LogP contribution in [0.4, 0.5) is 17.6 Å². The number of piperazine rings is 1. The molecule has 0 radical (unpaired) electrons. The van der Waals surface area contributed by atoms with E-state index in [1.54, 1.807) is 36.1 Å². The average molecular weight is 525 g/mol. The van der Waals surface area contributed by atoms with Crippen molar-refractivity contribution in [3.8, 4) is 5.75 Å². The minimum Gasteiger partial charge on any atom is -0.484 e. The van der Waals surface area contributed by atoms with Gasteiger partial charge in [-0.05, 0) is 54.4 Å². The number of aliphatic hydroxyl groups is 1. The molecular weight excluding hydrogens is 498 g/mol. The number of halogens is 4. The van der Waals surface area contributed by atoms with E-state index < -0.39 is 30.8 Å². The highest BCUT2D eigenvalue weighted by Gasteiger charge is 2.33. The fourth-order valence-electron chi connectivity index (χ4n) is 3.74. The highest BCUT2D eigenvalue weighted by atomic mass is 19.4. The molecule has 1 aliphatic heterocycles. The molecule has 1 fully saturated rings. The van der Waals surface area contributed by atoms with Gasteiger partial charge in [0.1, 0.15) is 24.8 Å². The Morgan fingerprint density at radius 2 is 1.62 bits per heavy atom. The van der Waals surface area contributed by atoms with E-state index in [9.17, 15) is 27.2 Å². The summed E-state index contributed by atoms with van der Waals surface area (Å²) in [4.78, 5) is 32.1. The van der Waals surface area contributed by atoms with Crippen molar-refractivity contribution in [1.29, 1.82) is 0 Å². The first-order chi connectivity index (χ1) is 17.6. The van der Waals surface area contributed by atoms with Gasteiger partial charge in [-0.1, -0.05) is 12.1 Å². The molecule has 2 aromatic carbocycles. The number of hydrogen-bond donors (Lipinski definition) is 1. The van der Waals surface area contributed by atoms with Crippen LogP contribution in [0.25, 0.3) is 0 Å². The third-order valence-electron chi connectivity index (χ3n) is 5.77. The minimum absolute atomic E-state index is 0.194. The number of hydrogen-bond acceptors (Lipinski definition) is 6. The summed E-state index contributed by atoms with van der Waals surface area (Å²) >= 11 is 0. The molecule has 2 amide bonds. The molecule has 0 bridgehead atoms. The fourth-order valence-corrected chi connectivity index (χ4v) is 3.74. The summed E-state index contributed by atoms with van der Waals surface area (Å²) < 4.78 is 58.4. The van der Waals surface area contributed by atoms with Gasteiger partial charge in [-0.2, -0.15) is 13.2 Å². The molecule has 1 heterocycles. The second-order valence-corrected chi connectivity index (χ2v) is 8.20. The molecule has 0 atom stereocenters. The predicted octanol–water partition coefficient (Wildman–Crippen LogP) is 3.22. The van der Waals surface area contributed by atoms with Gasteiger partial charge in [0.05, 0.1) is 11.3 Å². The van der Waals surface area contributed by atoms with Crippen LogP contribution in [0.5, 0.6) is 5.75 Å². The van der Waals surface area contributed by atoms with E-state index in [1.165, 1.54) is 4.90 Å². The van der Waals surface area contributed by atoms with Gasteiger partial charge in [0.25, 0.3) is 5.91 Å². The Morgan fingerprint density at radius 1 is 1.00 bits per heavy atom. The molecule has 200 valence electrons. The molecular formula is C25H27F4N3O5. The summed E-state index contributed by atoms with van der Waals surface area (Å²) in [6.45, 7) is 1.88. The monoisotopic (exact) mass is 525 g/mol. The van der Waals surface area contributed by atoms with Gasteiger partial charge in [0.15, 0.2) is 6.61 Å².